The Balaban J connectivity index is 0.000000138. The third-order valence-electron chi connectivity index (χ3n) is 4.61. The molecule has 1 aliphatic carbocycles. The molecule has 0 atom stereocenters. The van der Waals surface area contributed by atoms with E-state index in [0.717, 1.165) is 21.3 Å². The van der Waals surface area contributed by atoms with Crippen LogP contribution in [0.3, 0.4) is 0 Å². The minimum absolute atomic E-state index is 0.521. The second-order valence-electron chi connectivity index (χ2n) is 6.82. The smallest absolute Gasteiger partial charge is 0.256 e. The Hall–Kier alpha value is -2.61. The van der Waals surface area contributed by atoms with Gasteiger partial charge in [0.2, 0.25) is 0 Å². The number of alkyl halides is 3. The summed E-state index contributed by atoms with van der Waals surface area (Å²) in [7, 11) is 0. The number of rotatable bonds is 2. The van der Waals surface area contributed by atoms with Crippen molar-refractivity contribution in [3.05, 3.63) is 59.1 Å². The molecule has 1 aliphatic rings. The third kappa shape index (κ3) is 3.96. The number of hydrogen-bond acceptors (Lipinski definition) is 3. The highest BCUT2D eigenvalue weighted by atomic mass is 35.5. The van der Waals surface area contributed by atoms with E-state index in [-0.39, 0.29) is 0 Å². The Kier molecular flexibility index (Phi) is 4.74. The average molecular weight is 408 g/mol. The maximum atomic E-state index is 12.2. The maximum absolute atomic E-state index is 12.2. The molecule has 0 amide bonds. The second-order valence-corrected chi connectivity index (χ2v) is 7.20. The van der Waals surface area contributed by atoms with Crippen LogP contribution >= 0.6 is 11.6 Å². The van der Waals surface area contributed by atoms with Crippen molar-refractivity contribution < 1.29 is 13.2 Å². The van der Waals surface area contributed by atoms with Crippen molar-refractivity contribution in [3.8, 4) is 0 Å². The fourth-order valence-corrected chi connectivity index (χ4v) is 3.35. The molecule has 0 radical (unpaired) electrons. The molecule has 4 aromatic rings. The molecule has 146 valence electrons. The highest BCUT2D eigenvalue weighted by Crippen LogP contribution is 2.41. The predicted octanol–water partition coefficient (Wildman–Crippen LogP) is 5.17. The van der Waals surface area contributed by atoms with Crippen molar-refractivity contribution >= 4 is 28.2 Å². The molecule has 5 nitrogen and oxygen atoms in total. The summed E-state index contributed by atoms with van der Waals surface area (Å²) in [5.74, 6) is 0.658. The highest BCUT2D eigenvalue weighted by Gasteiger charge is 2.29. The predicted molar refractivity (Wildman–Crippen MR) is 100 cm³/mol. The number of halogens is 4. The first-order valence-corrected chi connectivity index (χ1v) is 9.17. The topological polar surface area (TPSA) is 48.0 Å². The minimum atomic E-state index is -4.23. The third-order valence-corrected chi connectivity index (χ3v) is 4.79. The largest absolute Gasteiger partial charge is 0.408 e. The van der Waals surface area contributed by atoms with Crippen molar-refractivity contribution in [1.29, 1.82) is 0 Å². The molecule has 0 N–H and O–H groups in total. The zero-order valence-electron chi connectivity index (χ0n) is 15.0. The van der Waals surface area contributed by atoms with Crippen LogP contribution in [0.5, 0.6) is 0 Å². The monoisotopic (exact) mass is 407 g/mol. The van der Waals surface area contributed by atoms with Gasteiger partial charge >= 0.3 is 6.18 Å². The van der Waals surface area contributed by atoms with Gasteiger partial charge in [0.15, 0.2) is 5.65 Å². The number of hydrogen-bond donors (Lipinski definition) is 0. The molecule has 0 spiro atoms. The summed E-state index contributed by atoms with van der Waals surface area (Å²) in [6.07, 6.45) is 3.32. The van der Waals surface area contributed by atoms with Crippen molar-refractivity contribution in [2.45, 2.75) is 38.4 Å². The lowest BCUT2D eigenvalue weighted by atomic mass is 10.1. The molecule has 0 unspecified atom stereocenters. The summed E-state index contributed by atoms with van der Waals surface area (Å²) in [6.45, 7) is 0.807. The molecule has 1 aromatic carbocycles. The van der Waals surface area contributed by atoms with Crippen LogP contribution in [0.25, 0.3) is 16.6 Å². The highest BCUT2D eigenvalue weighted by molar-refractivity contribution is 6.29. The summed E-state index contributed by atoms with van der Waals surface area (Å²) < 4.78 is 39.3. The van der Waals surface area contributed by atoms with Crippen LogP contribution in [-0.4, -0.2) is 30.6 Å². The van der Waals surface area contributed by atoms with E-state index in [1.165, 1.54) is 24.6 Å². The Bertz CT molecular complexity index is 1130. The van der Waals surface area contributed by atoms with E-state index < -0.39 is 12.7 Å². The average Bonchev–Trinajstić information content (AvgIpc) is 3.23. The first kappa shape index (κ1) is 18.7. The quantitative estimate of drug-likeness (QED) is 0.460. The molecule has 28 heavy (non-hydrogen) atoms. The number of fused-ring (bicyclic) bond motifs is 2. The summed E-state index contributed by atoms with van der Waals surface area (Å²) in [5, 5.41) is 9.18. The van der Waals surface area contributed by atoms with E-state index >= 15 is 0 Å². The van der Waals surface area contributed by atoms with Gasteiger partial charge < -0.3 is 0 Å². The van der Waals surface area contributed by atoms with Gasteiger partial charge in [0.1, 0.15) is 11.7 Å². The van der Waals surface area contributed by atoms with Crippen LogP contribution in [0.4, 0.5) is 13.2 Å². The summed E-state index contributed by atoms with van der Waals surface area (Å²) in [6, 6.07) is 7.15. The number of aryl methyl sites for hydroxylation is 1. The van der Waals surface area contributed by atoms with E-state index in [9.17, 15) is 13.2 Å². The normalized spacial score (nSPS) is 14.3. The van der Waals surface area contributed by atoms with Crippen LogP contribution in [-0.2, 0) is 6.54 Å². The van der Waals surface area contributed by atoms with Gasteiger partial charge in [0.05, 0.1) is 11.7 Å². The second kappa shape index (κ2) is 7.09. The van der Waals surface area contributed by atoms with Gasteiger partial charge in [-0.1, -0.05) is 23.7 Å². The molecule has 9 heteroatoms. The molecule has 0 saturated heterocycles. The molecule has 3 heterocycles. The molecule has 1 fully saturated rings. The van der Waals surface area contributed by atoms with Gasteiger partial charge in [-0.2, -0.15) is 23.4 Å². The van der Waals surface area contributed by atoms with Crippen molar-refractivity contribution in [2.24, 2.45) is 0 Å². The van der Waals surface area contributed by atoms with Gasteiger partial charge in [0.25, 0.3) is 0 Å². The lowest BCUT2D eigenvalue weighted by Crippen LogP contribution is -2.18. The van der Waals surface area contributed by atoms with Crippen molar-refractivity contribution in [2.75, 3.05) is 0 Å². The van der Waals surface area contributed by atoms with Crippen molar-refractivity contribution in [1.82, 2.24) is 24.4 Å². The van der Waals surface area contributed by atoms with Gasteiger partial charge in [-0.25, -0.2) is 9.50 Å². The fraction of sp³-hybridized carbons (Fsp3) is 0.316. The van der Waals surface area contributed by atoms with Crippen LogP contribution in [0.2, 0.25) is 5.15 Å². The van der Waals surface area contributed by atoms with E-state index in [4.69, 9.17) is 11.6 Å². The van der Waals surface area contributed by atoms with E-state index in [0.29, 0.717) is 16.6 Å². The Morgan fingerprint density at radius 1 is 1.25 bits per heavy atom. The molecular weight excluding hydrogens is 391 g/mol. The molecule has 3 aromatic heterocycles. The molecule has 0 aliphatic heterocycles. The molecule has 1 saturated carbocycles. The first-order valence-electron chi connectivity index (χ1n) is 8.79. The number of nitrogens with zero attached hydrogens (tertiary/aromatic N) is 5. The Labute approximate surface area is 163 Å². The summed E-state index contributed by atoms with van der Waals surface area (Å²) in [4.78, 5) is 4.26. The van der Waals surface area contributed by atoms with E-state index in [1.807, 2.05) is 25.3 Å². The fourth-order valence-electron chi connectivity index (χ4n) is 3.15. The Morgan fingerprint density at radius 3 is 2.75 bits per heavy atom. The lowest BCUT2D eigenvalue weighted by molar-refractivity contribution is -0.141. The van der Waals surface area contributed by atoms with Crippen molar-refractivity contribution in [3.63, 3.8) is 0 Å². The minimum Gasteiger partial charge on any atom is -0.256 e. The molecular formula is C19H17ClF3N5. The van der Waals surface area contributed by atoms with Crippen LogP contribution in [0.15, 0.2) is 42.9 Å². The number of aromatic nitrogens is 5. The number of benzene rings is 1. The van der Waals surface area contributed by atoms with Gasteiger partial charge in [-0.05, 0) is 43.4 Å². The number of imidazole rings is 1. The SMILES string of the molecule is Cc1cccc2c1cnn2CC(F)(F)F.Clc1cc(C2CC2)c2nccn2n1. The van der Waals surface area contributed by atoms with Gasteiger partial charge in [0, 0.05) is 23.3 Å². The van der Waals surface area contributed by atoms with E-state index in [1.54, 1.807) is 22.8 Å². The summed E-state index contributed by atoms with van der Waals surface area (Å²) >= 11 is 5.89. The maximum Gasteiger partial charge on any atom is 0.408 e. The van der Waals surface area contributed by atoms with Gasteiger partial charge in [-0.15, -0.1) is 0 Å². The van der Waals surface area contributed by atoms with Gasteiger partial charge in [-0.3, -0.25) is 4.68 Å². The van der Waals surface area contributed by atoms with E-state index in [2.05, 4.69) is 15.2 Å². The zero-order valence-corrected chi connectivity index (χ0v) is 15.7. The van der Waals surface area contributed by atoms with Crippen LogP contribution in [0.1, 0.15) is 29.9 Å². The first-order chi connectivity index (χ1) is 13.3. The molecule has 0 bridgehead atoms. The summed E-state index contributed by atoms with van der Waals surface area (Å²) in [5.41, 5.74) is 3.64. The molecule has 5 rings (SSSR count). The van der Waals surface area contributed by atoms with Crippen LogP contribution < -0.4 is 0 Å². The zero-order chi connectivity index (χ0) is 19.9. The Morgan fingerprint density at radius 2 is 2.04 bits per heavy atom. The standard InChI is InChI=1S/C10H9F3N2.C9H8ClN3/c1-7-3-2-4-9-8(7)5-14-15(9)6-10(11,12)13;10-8-5-7(6-1-2-6)9-11-3-4-13(9)12-8/h2-5H,6H2,1H3;3-6H,1-2H2. The lowest BCUT2D eigenvalue weighted by Gasteiger charge is -2.07. The van der Waals surface area contributed by atoms with Crippen LogP contribution in [0, 0.1) is 6.92 Å².